The third kappa shape index (κ3) is 5.52. The number of benzene rings is 1. The average molecular weight is 340 g/mol. The number of nitrogens with zero attached hydrogens (tertiary/aromatic N) is 1. The zero-order valence-electron chi connectivity index (χ0n) is 13.5. The van der Waals surface area contributed by atoms with Crippen molar-refractivity contribution in [1.29, 1.82) is 0 Å². The summed E-state index contributed by atoms with van der Waals surface area (Å²) in [6.45, 7) is 4.38. The summed E-state index contributed by atoms with van der Waals surface area (Å²) in [7, 11) is 0. The summed E-state index contributed by atoms with van der Waals surface area (Å²) < 4.78 is 0. The van der Waals surface area contributed by atoms with E-state index < -0.39 is 0 Å². The van der Waals surface area contributed by atoms with Gasteiger partial charge in [0, 0.05) is 25.2 Å². The van der Waals surface area contributed by atoms with Crippen LogP contribution in [-0.4, -0.2) is 42.9 Å². The summed E-state index contributed by atoms with van der Waals surface area (Å²) in [6, 6.07) is 9.23. The normalized spacial score (nSPS) is 18.7. The number of hydrogen-bond acceptors (Lipinski definition) is 3. The summed E-state index contributed by atoms with van der Waals surface area (Å²) in [4.78, 5) is 26.5. The lowest BCUT2D eigenvalue weighted by molar-refractivity contribution is -0.126. The number of likely N-dealkylation sites (tertiary alicyclic amines) is 1. The molecule has 1 aromatic carbocycles. The van der Waals surface area contributed by atoms with Crippen molar-refractivity contribution in [2.45, 2.75) is 19.8 Å². The van der Waals surface area contributed by atoms with Gasteiger partial charge in [0.1, 0.15) is 0 Å². The van der Waals surface area contributed by atoms with E-state index in [1.807, 2.05) is 37.3 Å². The van der Waals surface area contributed by atoms with E-state index in [2.05, 4.69) is 5.32 Å². The van der Waals surface area contributed by atoms with Crippen molar-refractivity contribution < 1.29 is 9.59 Å². The van der Waals surface area contributed by atoms with Crippen molar-refractivity contribution in [1.82, 2.24) is 10.2 Å². The minimum atomic E-state index is -0.119. The Labute approximate surface area is 144 Å². The Hall–Kier alpha value is -1.59. The molecule has 1 saturated heterocycles. The molecule has 1 aliphatic heterocycles. The predicted octanol–water partition coefficient (Wildman–Crippen LogP) is 1.67. The molecule has 1 fully saturated rings. The Morgan fingerprint density at radius 3 is 2.70 bits per heavy atom. The predicted molar refractivity (Wildman–Crippen MR) is 93.5 cm³/mol. The SMILES string of the molecule is CC(CN)CNC(=O)C1CCCN(C(=O)c2ccccc2)C1.Cl. The number of halogens is 1. The van der Waals surface area contributed by atoms with E-state index >= 15 is 0 Å². The number of rotatable bonds is 5. The van der Waals surface area contributed by atoms with Crippen molar-refractivity contribution in [3.8, 4) is 0 Å². The van der Waals surface area contributed by atoms with Crippen LogP contribution in [0.4, 0.5) is 0 Å². The maximum absolute atomic E-state index is 12.5. The molecule has 128 valence electrons. The van der Waals surface area contributed by atoms with Gasteiger partial charge in [-0.3, -0.25) is 9.59 Å². The monoisotopic (exact) mass is 339 g/mol. The Morgan fingerprint density at radius 1 is 1.35 bits per heavy atom. The third-order valence-corrected chi connectivity index (χ3v) is 4.13. The summed E-state index contributed by atoms with van der Waals surface area (Å²) in [6.07, 6.45) is 1.70. The van der Waals surface area contributed by atoms with Gasteiger partial charge >= 0.3 is 0 Å². The van der Waals surface area contributed by atoms with Crippen LogP contribution in [0.25, 0.3) is 0 Å². The smallest absolute Gasteiger partial charge is 0.253 e. The number of carbonyl (C=O) groups is 2. The van der Waals surface area contributed by atoms with Gasteiger partial charge in [-0.05, 0) is 37.4 Å². The fourth-order valence-electron chi connectivity index (χ4n) is 2.64. The fourth-order valence-corrected chi connectivity index (χ4v) is 2.64. The number of amides is 2. The molecule has 0 saturated carbocycles. The molecule has 1 aromatic rings. The van der Waals surface area contributed by atoms with E-state index in [-0.39, 0.29) is 36.1 Å². The number of nitrogens with two attached hydrogens (primary N) is 1. The molecule has 2 amide bonds. The van der Waals surface area contributed by atoms with Gasteiger partial charge in [-0.1, -0.05) is 25.1 Å². The van der Waals surface area contributed by atoms with Crippen LogP contribution in [-0.2, 0) is 4.79 Å². The van der Waals surface area contributed by atoms with Gasteiger partial charge in [-0.25, -0.2) is 0 Å². The van der Waals surface area contributed by atoms with Crippen LogP contribution in [0.3, 0.4) is 0 Å². The van der Waals surface area contributed by atoms with E-state index in [1.54, 1.807) is 4.90 Å². The molecule has 0 aromatic heterocycles. The van der Waals surface area contributed by atoms with Gasteiger partial charge in [0.15, 0.2) is 0 Å². The van der Waals surface area contributed by atoms with E-state index in [1.165, 1.54) is 0 Å². The van der Waals surface area contributed by atoms with Gasteiger partial charge in [0.05, 0.1) is 5.92 Å². The minimum Gasteiger partial charge on any atom is -0.355 e. The Morgan fingerprint density at radius 2 is 2.04 bits per heavy atom. The zero-order chi connectivity index (χ0) is 15.9. The number of hydrogen-bond donors (Lipinski definition) is 2. The summed E-state index contributed by atoms with van der Waals surface area (Å²) in [5.41, 5.74) is 6.24. The largest absolute Gasteiger partial charge is 0.355 e. The van der Waals surface area contributed by atoms with Crippen LogP contribution in [0.2, 0.25) is 0 Å². The standard InChI is InChI=1S/C17H25N3O2.ClH/c1-13(10-18)11-19-16(21)15-8-5-9-20(12-15)17(22)14-6-3-2-4-7-14;/h2-4,6-7,13,15H,5,8-12,18H2,1H3,(H,19,21);1H. The molecule has 1 aliphatic rings. The molecule has 0 bridgehead atoms. The van der Waals surface area contributed by atoms with E-state index in [0.29, 0.717) is 25.2 Å². The van der Waals surface area contributed by atoms with E-state index in [9.17, 15) is 9.59 Å². The molecule has 0 radical (unpaired) electrons. The molecule has 6 heteroatoms. The molecule has 2 atom stereocenters. The highest BCUT2D eigenvalue weighted by Crippen LogP contribution is 2.19. The highest BCUT2D eigenvalue weighted by Gasteiger charge is 2.28. The van der Waals surface area contributed by atoms with E-state index in [0.717, 1.165) is 19.4 Å². The first-order valence-corrected chi connectivity index (χ1v) is 7.94. The second kappa shape index (κ2) is 9.53. The summed E-state index contributed by atoms with van der Waals surface area (Å²) in [5.74, 6) is 0.195. The molecule has 0 spiro atoms. The zero-order valence-corrected chi connectivity index (χ0v) is 14.3. The number of nitrogens with one attached hydrogen (secondary N) is 1. The highest BCUT2D eigenvalue weighted by atomic mass is 35.5. The molecule has 3 N–H and O–H groups in total. The quantitative estimate of drug-likeness (QED) is 0.856. The molecule has 0 aliphatic carbocycles. The molecular formula is C17H26ClN3O2. The Balaban J connectivity index is 0.00000264. The van der Waals surface area contributed by atoms with Crippen LogP contribution in [0.15, 0.2) is 30.3 Å². The van der Waals surface area contributed by atoms with Crippen LogP contribution in [0.5, 0.6) is 0 Å². The molecule has 2 rings (SSSR count). The first-order chi connectivity index (χ1) is 10.6. The van der Waals surface area contributed by atoms with Gasteiger partial charge in [0.25, 0.3) is 5.91 Å². The van der Waals surface area contributed by atoms with Crippen molar-refractivity contribution in [2.24, 2.45) is 17.6 Å². The number of carbonyl (C=O) groups excluding carboxylic acids is 2. The first-order valence-electron chi connectivity index (χ1n) is 7.94. The Bertz CT molecular complexity index is 510. The van der Waals surface area contributed by atoms with Gasteiger partial charge in [-0.2, -0.15) is 0 Å². The van der Waals surface area contributed by atoms with Crippen LogP contribution in [0, 0.1) is 11.8 Å². The molecule has 2 unspecified atom stereocenters. The van der Waals surface area contributed by atoms with Crippen LogP contribution >= 0.6 is 12.4 Å². The molecule has 5 nitrogen and oxygen atoms in total. The third-order valence-electron chi connectivity index (χ3n) is 4.13. The lowest BCUT2D eigenvalue weighted by atomic mass is 9.96. The lowest BCUT2D eigenvalue weighted by Gasteiger charge is -2.32. The molecule has 23 heavy (non-hydrogen) atoms. The van der Waals surface area contributed by atoms with Crippen molar-refractivity contribution >= 4 is 24.2 Å². The van der Waals surface area contributed by atoms with Crippen molar-refractivity contribution in [2.75, 3.05) is 26.2 Å². The second-order valence-corrected chi connectivity index (χ2v) is 6.04. The Kier molecular flexibility index (Phi) is 8.06. The molecular weight excluding hydrogens is 314 g/mol. The fraction of sp³-hybridized carbons (Fsp3) is 0.529. The van der Waals surface area contributed by atoms with Crippen LogP contribution < -0.4 is 11.1 Å². The van der Waals surface area contributed by atoms with Gasteiger partial charge < -0.3 is 16.0 Å². The van der Waals surface area contributed by atoms with Crippen molar-refractivity contribution in [3.63, 3.8) is 0 Å². The molecule has 1 heterocycles. The maximum Gasteiger partial charge on any atom is 0.253 e. The lowest BCUT2D eigenvalue weighted by Crippen LogP contribution is -2.46. The first kappa shape index (κ1) is 19.5. The van der Waals surface area contributed by atoms with Crippen LogP contribution in [0.1, 0.15) is 30.1 Å². The number of piperidine rings is 1. The van der Waals surface area contributed by atoms with Gasteiger partial charge in [-0.15, -0.1) is 12.4 Å². The summed E-state index contributed by atoms with van der Waals surface area (Å²) >= 11 is 0. The minimum absolute atomic E-state index is 0. The highest BCUT2D eigenvalue weighted by molar-refractivity contribution is 5.94. The van der Waals surface area contributed by atoms with Gasteiger partial charge in [0.2, 0.25) is 5.91 Å². The topological polar surface area (TPSA) is 75.4 Å². The summed E-state index contributed by atoms with van der Waals surface area (Å²) in [5, 5.41) is 2.95. The van der Waals surface area contributed by atoms with E-state index in [4.69, 9.17) is 5.73 Å². The average Bonchev–Trinajstić information content (AvgIpc) is 2.59. The maximum atomic E-state index is 12.5. The van der Waals surface area contributed by atoms with Crippen molar-refractivity contribution in [3.05, 3.63) is 35.9 Å². The second-order valence-electron chi connectivity index (χ2n) is 6.04.